The average Bonchev–Trinajstić information content (AvgIpc) is 3.25. The van der Waals surface area contributed by atoms with Crippen molar-refractivity contribution in [2.24, 2.45) is 0 Å². The Morgan fingerprint density at radius 2 is 1.86 bits per heavy atom. The van der Waals surface area contributed by atoms with E-state index in [0.717, 1.165) is 46.8 Å². The van der Waals surface area contributed by atoms with Crippen LogP contribution in [0, 0.1) is 6.92 Å². The van der Waals surface area contributed by atoms with Gasteiger partial charge in [-0.25, -0.2) is 4.98 Å². The van der Waals surface area contributed by atoms with Gasteiger partial charge in [-0.05, 0) is 63.1 Å². The molecule has 0 aliphatic carbocycles. The number of fused-ring (bicyclic) bond motifs is 1. The number of ether oxygens (including phenoxy) is 1. The Kier molecular flexibility index (Phi) is 5.31. The lowest BCUT2D eigenvalue weighted by Crippen LogP contribution is -2.11. The summed E-state index contributed by atoms with van der Waals surface area (Å²) in [5, 5.41) is 1.11. The molecule has 28 heavy (non-hydrogen) atoms. The van der Waals surface area contributed by atoms with Crippen LogP contribution in [-0.4, -0.2) is 17.7 Å². The van der Waals surface area contributed by atoms with Crippen molar-refractivity contribution >= 4 is 11.0 Å². The monoisotopic (exact) mass is 375 g/mol. The Labute approximate surface area is 165 Å². The van der Waals surface area contributed by atoms with Gasteiger partial charge in [0.1, 0.15) is 17.1 Å². The molecule has 0 spiro atoms. The molecule has 0 fully saturated rings. The normalized spacial score (nSPS) is 12.5. The predicted molar refractivity (Wildman–Crippen MR) is 110 cm³/mol. The molecule has 0 radical (unpaired) electrons. The molecule has 1 atom stereocenters. The molecule has 0 saturated heterocycles. The van der Waals surface area contributed by atoms with E-state index in [9.17, 15) is 0 Å². The van der Waals surface area contributed by atoms with Gasteiger partial charge in [0.2, 0.25) is 5.89 Å². The number of rotatable bonds is 7. The fourth-order valence-electron chi connectivity index (χ4n) is 3.50. The maximum Gasteiger partial charge on any atom is 0.226 e. The smallest absolute Gasteiger partial charge is 0.226 e. The van der Waals surface area contributed by atoms with Gasteiger partial charge in [0, 0.05) is 17.6 Å². The minimum atomic E-state index is 0.211. The van der Waals surface area contributed by atoms with Gasteiger partial charge in [-0.15, -0.1) is 0 Å². The minimum absolute atomic E-state index is 0.211. The molecule has 4 nitrogen and oxygen atoms in total. The maximum atomic E-state index is 6.04. The van der Waals surface area contributed by atoms with Gasteiger partial charge >= 0.3 is 0 Å². The molecule has 0 aliphatic rings. The summed E-state index contributed by atoms with van der Waals surface area (Å²) in [5.41, 5.74) is 4.04. The van der Waals surface area contributed by atoms with Crippen LogP contribution >= 0.6 is 0 Å². The van der Waals surface area contributed by atoms with E-state index >= 15 is 0 Å². The topological polar surface area (TPSA) is 48.4 Å². The van der Waals surface area contributed by atoms with Crippen LogP contribution in [0.5, 0.6) is 0 Å². The van der Waals surface area contributed by atoms with Crippen LogP contribution in [0.4, 0.5) is 0 Å². The zero-order valence-corrected chi connectivity index (χ0v) is 16.6. The van der Waals surface area contributed by atoms with Crippen molar-refractivity contribution in [2.75, 3.05) is 6.61 Å². The highest BCUT2D eigenvalue weighted by Crippen LogP contribution is 2.26. The second kappa shape index (κ2) is 8.03. The van der Waals surface area contributed by atoms with E-state index in [1.54, 1.807) is 0 Å². The van der Waals surface area contributed by atoms with Crippen molar-refractivity contribution in [1.29, 1.82) is 0 Å². The van der Waals surface area contributed by atoms with Gasteiger partial charge in [0.15, 0.2) is 0 Å². The summed E-state index contributed by atoms with van der Waals surface area (Å²) in [7, 11) is 0. The third-order valence-electron chi connectivity index (χ3n) is 4.86. The standard InChI is InChI=1S/C24H25NO3/c1-4-26-16(2)12-18-10-11-23-20(13-18)14-21(28-23)15-22-17(3)27-24(25-22)19-8-6-5-7-9-19/h5-11,13-14,16H,4,12,15H2,1-3H3. The highest BCUT2D eigenvalue weighted by atomic mass is 16.5. The number of aryl methyl sites for hydroxylation is 1. The fraction of sp³-hybridized carbons (Fsp3) is 0.292. The van der Waals surface area contributed by atoms with Crippen molar-refractivity contribution < 1.29 is 13.6 Å². The summed E-state index contributed by atoms with van der Waals surface area (Å²) in [6.45, 7) is 6.81. The van der Waals surface area contributed by atoms with Gasteiger partial charge < -0.3 is 13.6 Å². The summed E-state index contributed by atoms with van der Waals surface area (Å²) in [4.78, 5) is 4.68. The number of hydrogen-bond donors (Lipinski definition) is 0. The molecular formula is C24H25NO3. The van der Waals surface area contributed by atoms with E-state index in [1.807, 2.05) is 50.2 Å². The summed E-state index contributed by atoms with van der Waals surface area (Å²) < 4.78 is 17.6. The lowest BCUT2D eigenvalue weighted by atomic mass is 10.1. The molecular weight excluding hydrogens is 350 g/mol. The van der Waals surface area contributed by atoms with E-state index in [2.05, 4.69) is 30.1 Å². The quantitative estimate of drug-likeness (QED) is 0.400. The first-order valence-electron chi connectivity index (χ1n) is 9.77. The lowest BCUT2D eigenvalue weighted by Gasteiger charge is -2.11. The zero-order chi connectivity index (χ0) is 19.5. The second-order valence-corrected chi connectivity index (χ2v) is 7.12. The maximum absolute atomic E-state index is 6.04. The van der Waals surface area contributed by atoms with Crippen molar-refractivity contribution in [2.45, 2.75) is 39.7 Å². The lowest BCUT2D eigenvalue weighted by molar-refractivity contribution is 0.0768. The van der Waals surface area contributed by atoms with Crippen molar-refractivity contribution in [3.63, 3.8) is 0 Å². The van der Waals surface area contributed by atoms with E-state index in [4.69, 9.17) is 13.6 Å². The van der Waals surface area contributed by atoms with Gasteiger partial charge in [0.05, 0.1) is 18.2 Å². The molecule has 4 aromatic rings. The van der Waals surface area contributed by atoms with Crippen LogP contribution in [0.2, 0.25) is 0 Å². The third kappa shape index (κ3) is 4.02. The fourth-order valence-corrected chi connectivity index (χ4v) is 3.50. The summed E-state index contributed by atoms with van der Waals surface area (Å²) in [6.07, 6.45) is 1.72. The van der Waals surface area contributed by atoms with E-state index in [-0.39, 0.29) is 6.10 Å². The molecule has 4 heteroatoms. The number of furan rings is 1. The van der Waals surface area contributed by atoms with E-state index in [0.29, 0.717) is 12.3 Å². The van der Waals surface area contributed by atoms with Crippen LogP contribution in [0.3, 0.4) is 0 Å². The number of nitrogens with zero attached hydrogens (tertiary/aromatic N) is 1. The molecule has 2 heterocycles. The first kappa shape index (κ1) is 18.5. The highest BCUT2D eigenvalue weighted by molar-refractivity contribution is 5.78. The van der Waals surface area contributed by atoms with Crippen molar-refractivity contribution in [3.8, 4) is 11.5 Å². The molecule has 0 amide bonds. The molecule has 0 N–H and O–H groups in total. The number of oxazole rings is 1. The molecule has 2 aromatic heterocycles. The molecule has 144 valence electrons. The first-order valence-corrected chi connectivity index (χ1v) is 9.77. The Morgan fingerprint density at radius 3 is 2.64 bits per heavy atom. The highest BCUT2D eigenvalue weighted by Gasteiger charge is 2.14. The van der Waals surface area contributed by atoms with Crippen molar-refractivity contribution in [3.05, 3.63) is 77.4 Å². The van der Waals surface area contributed by atoms with Crippen LogP contribution < -0.4 is 0 Å². The molecule has 1 unspecified atom stereocenters. The Bertz CT molecular complexity index is 1060. The van der Waals surface area contributed by atoms with Gasteiger partial charge in [-0.1, -0.05) is 24.3 Å². The average molecular weight is 375 g/mol. The van der Waals surface area contributed by atoms with Crippen LogP contribution in [0.1, 0.15) is 36.6 Å². The van der Waals surface area contributed by atoms with E-state index in [1.165, 1.54) is 5.56 Å². The van der Waals surface area contributed by atoms with Crippen molar-refractivity contribution in [1.82, 2.24) is 4.98 Å². The molecule has 0 saturated carbocycles. The zero-order valence-electron chi connectivity index (χ0n) is 16.6. The van der Waals surface area contributed by atoms with Gasteiger partial charge in [0.25, 0.3) is 0 Å². The Hall–Kier alpha value is -2.85. The van der Waals surface area contributed by atoms with Crippen LogP contribution in [0.25, 0.3) is 22.4 Å². The molecule has 0 aliphatic heterocycles. The van der Waals surface area contributed by atoms with Gasteiger partial charge in [-0.2, -0.15) is 0 Å². The summed E-state index contributed by atoms with van der Waals surface area (Å²) >= 11 is 0. The predicted octanol–water partition coefficient (Wildman–Crippen LogP) is 5.95. The SMILES string of the molecule is CCOC(C)Cc1ccc2oc(Cc3nc(-c4ccccc4)oc3C)cc2c1. The van der Waals surface area contributed by atoms with Gasteiger partial charge in [-0.3, -0.25) is 0 Å². The molecule has 4 rings (SSSR count). The minimum Gasteiger partial charge on any atom is -0.461 e. The second-order valence-electron chi connectivity index (χ2n) is 7.12. The van der Waals surface area contributed by atoms with E-state index < -0.39 is 0 Å². The first-order chi connectivity index (χ1) is 13.6. The largest absolute Gasteiger partial charge is 0.461 e. The molecule has 0 bridgehead atoms. The molecule has 2 aromatic carbocycles. The third-order valence-corrected chi connectivity index (χ3v) is 4.86. The van der Waals surface area contributed by atoms with Crippen LogP contribution in [-0.2, 0) is 17.6 Å². The van der Waals surface area contributed by atoms with Crippen LogP contribution in [0.15, 0.2) is 63.4 Å². The number of aromatic nitrogens is 1. The number of benzene rings is 2. The summed E-state index contributed by atoms with van der Waals surface area (Å²) in [6, 6.07) is 18.4. The number of hydrogen-bond acceptors (Lipinski definition) is 4. The summed E-state index contributed by atoms with van der Waals surface area (Å²) in [5.74, 6) is 2.36. The Balaban J connectivity index is 1.54. The Morgan fingerprint density at radius 1 is 1.04 bits per heavy atom.